The molecule has 0 saturated carbocycles. The second kappa shape index (κ2) is 10.8. The summed E-state index contributed by atoms with van der Waals surface area (Å²) in [7, 11) is 1.59. The van der Waals surface area contributed by atoms with Crippen molar-refractivity contribution in [3.05, 3.63) is 77.7 Å². The first-order valence-electron chi connectivity index (χ1n) is 9.98. The zero-order valence-electron chi connectivity index (χ0n) is 17.6. The Balaban J connectivity index is 1.57. The Hall–Kier alpha value is -3.80. The maximum atomic E-state index is 11.4. The summed E-state index contributed by atoms with van der Waals surface area (Å²) in [5.41, 5.74) is 2.78. The Kier molecular flexibility index (Phi) is 7.65. The first-order valence-corrected chi connectivity index (χ1v) is 9.98. The maximum absolute atomic E-state index is 11.4. The molecule has 0 amide bonds. The molecule has 0 spiro atoms. The van der Waals surface area contributed by atoms with Gasteiger partial charge in [-0.1, -0.05) is 36.4 Å². The highest BCUT2D eigenvalue weighted by Crippen LogP contribution is 2.29. The Labute approximate surface area is 181 Å². The summed E-state index contributed by atoms with van der Waals surface area (Å²) < 4.78 is 16.1. The van der Waals surface area contributed by atoms with Gasteiger partial charge >= 0.3 is 5.97 Å². The van der Waals surface area contributed by atoms with E-state index in [-0.39, 0.29) is 6.61 Å². The minimum atomic E-state index is -0.739. The van der Waals surface area contributed by atoms with Gasteiger partial charge in [-0.2, -0.15) is 0 Å². The third-order valence-electron chi connectivity index (χ3n) is 4.52. The van der Waals surface area contributed by atoms with E-state index in [0.29, 0.717) is 24.5 Å². The molecule has 0 aliphatic carbocycles. The number of esters is 1. The fourth-order valence-electron chi connectivity index (χ4n) is 2.86. The number of pyridine rings is 1. The van der Waals surface area contributed by atoms with Crippen LogP contribution in [0, 0.1) is 0 Å². The number of hydrogen-bond donors (Lipinski definition) is 1. The number of aromatic nitrogens is 1. The molecule has 0 unspecified atom stereocenters. The van der Waals surface area contributed by atoms with E-state index in [1.165, 1.54) is 6.08 Å². The summed E-state index contributed by atoms with van der Waals surface area (Å²) in [4.78, 5) is 16.0. The molecular weight excluding hydrogens is 394 g/mol. The van der Waals surface area contributed by atoms with Crippen molar-refractivity contribution >= 4 is 29.0 Å². The Morgan fingerprint density at radius 2 is 1.87 bits per heavy atom. The predicted octanol–water partition coefficient (Wildman–Crippen LogP) is 5.19. The minimum absolute atomic E-state index is 0.151. The van der Waals surface area contributed by atoms with Crippen LogP contribution in [0.1, 0.15) is 24.6 Å². The smallest absolute Gasteiger partial charge is 0.373 e. The van der Waals surface area contributed by atoms with Crippen LogP contribution in [0.5, 0.6) is 11.5 Å². The average Bonchev–Trinajstić information content (AvgIpc) is 2.82. The molecule has 0 fully saturated rings. The number of fused-ring (bicyclic) bond motifs is 1. The van der Waals surface area contributed by atoms with Crippen molar-refractivity contribution in [3.8, 4) is 11.5 Å². The number of methoxy groups -OCH3 is 1. The molecule has 31 heavy (non-hydrogen) atoms. The number of ether oxygens (including phenoxy) is 3. The van der Waals surface area contributed by atoms with Gasteiger partial charge in [0, 0.05) is 11.8 Å². The highest BCUT2D eigenvalue weighted by atomic mass is 16.5. The van der Waals surface area contributed by atoms with Crippen LogP contribution in [0.2, 0.25) is 0 Å². The van der Waals surface area contributed by atoms with E-state index < -0.39 is 11.7 Å². The zero-order valence-corrected chi connectivity index (χ0v) is 17.6. The van der Waals surface area contributed by atoms with Gasteiger partial charge in [0.25, 0.3) is 0 Å². The Morgan fingerprint density at radius 3 is 2.68 bits per heavy atom. The van der Waals surface area contributed by atoms with E-state index in [2.05, 4.69) is 11.1 Å². The number of para-hydroxylation sites is 1. The van der Waals surface area contributed by atoms with Crippen molar-refractivity contribution in [2.24, 2.45) is 0 Å². The molecule has 0 saturated heterocycles. The molecule has 0 bridgehead atoms. The van der Waals surface area contributed by atoms with Crippen molar-refractivity contribution in [1.82, 2.24) is 4.98 Å². The number of nitrogens with zero attached hydrogens (tertiary/aromatic N) is 1. The van der Waals surface area contributed by atoms with Gasteiger partial charge in [0.15, 0.2) is 17.3 Å². The van der Waals surface area contributed by atoms with Gasteiger partial charge in [0.2, 0.25) is 0 Å². The molecule has 6 nitrogen and oxygen atoms in total. The number of carbonyl (C=O) groups is 1. The summed E-state index contributed by atoms with van der Waals surface area (Å²) >= 11 is 0. The predicted molar refractivity (Wildman–Crippen MR) is 121 cm³/mol. The van der Waals surface area contributed by atoms with Crippen LogP contribution >= 0.6 is 0 Å². The van der Waals surface area contributed by atoms with Crippen LogP contribution in [0.15, 0.2) is 66.4 Å². The molecule has 1 N–H and O–H groups in total. The monoisotopic (exact) mass is 419 g/mol. The average molecular weight is 419 g/mol. The summed E-state index contributed by atoms with van der Waals surface area (Å²) in [6, 6.07) is 17.7. The lowest BCUT2D eigenvalue weighted by Gasteiger charge is -2.11. The van der Waals surface area contributed by atoms with Crippen molar-refractivity contribution in [3.63, 3.8) is 0 Å². The summed E-state index contributed by atoms with van der Waals surface area (Å²) in [6.45, 7) is 2.05. The molecule has 6 heteroatoms. The zero-order chi connectivity index (χ0) is 22.1. The van der Waals surface area contributed by atoms with Crippen LogP contribution in [-0.4, -0.2) is 36.4 Å². The largest absolute Gasteiger partial charge is 0.502 e. The summed E-state index contributed by atoms with van der Waals surface area (Å²) in [6.07, 6.45) is 5.70. The molecule has 0 atom stereocenters. The van der Waals surface area contributed by atoms with Crippen molar-refractivity contribution in [2.45, 2.75) is 13.3 Å². The van der Waals surface area contributed by atoms with E-state index in [4.69, 9.17) is 14.2 Å². The first kappa shape index (κ1) is 21.9. The van der Waals surface area contributed by atoms with Gasteiger partial charge in [-0.25, -0.2) is 9.78 Å². The molecule has 3 rings (SSSR count). The number of aliphatic hydroxyl groups excluding tert-OH is 1. The summed E-state index contributed by atoms with van der Waals surface area (Å²) in [5, 5.41) is 10.4. The maximum Gasteiger partial charge on any atom is 0.373 e. The standard InChI is InChI=1S/C25H25NO5/c1-3-22(27)25(28)31-16-6-15-30-23-14-10-18(17-24(23)29-2)9-12-20-13-11-19-7-4-5-8-21(19)26-20/h3-5,7-14,17,27H,6,15-16H2,1-2H3. The first-order chi connectivity index (χ1) is 15.1. The molecule has 0 radical (unpaired) electrons. The fourth-order valence-corrected chi connectivity index (χ4v) is 2.86. The van der Waals surface area contributed by atoms with Crippen LogP contribution in [0.4, 0.5) is 0 Å². The lowest BCUT2D eigenvalue weighted by molar-refractivity contribution is -0.142. The van der Waals surface area contributed by atoms with Gasteiger partial charge in [-0.15, -0.1) is 0 Å². The second-order valence-corrected chi connectivity index (χ2v) is 6.68. The van der Waals surface area contributed by atoms with E-state index in [9.17, 15) is 9.90 Å². The lowest BCUT2D eigenvalue weighted by Crippen LogP contribution is -2.11. The van der Waals surface area contributed by atoms with Gasteiger partial charge in [0.05, 0.1) is 31.5 Å². The van der Waals surface area contributed by atoms with E-state index >= 15 is 0 Å². The highest BCUT2D eigenvalue weighted by Gasteiger charge is 2.08. The van der Waals surface area contributed by atoms with E-state index in [0.717, 1.165) is 22.2 Å². The molecule has 1 heterocycles. The van der Waals surface area contributed by atoms with Gasteiger partial charge in [-0.05, 0) is 48.9 Å². The third-order valence-corrected chi connectivity index (χ3v) is 4.52. The van der Waals surface area contributed by atoms with E-state index in [1.807, 2.05) is 60.7 Å². The van der Waals surface area contributed by atoms with Gasteiger partial charge in [0.1, 0.15) is 0 Å². The van der Waals surface area contributed by atoms with Crippen LogP contribution in [0.25, 0.3) is 23.1 Å². The fraction of sp³-hybridized carbons (Fsp3) is 0.200. The highest BCUT2D eigenvalue weighted by molar-refractivity contribution is 5.85. The quantitative estimate of drug-likeness (QED) is 0.223. The number of aliphatic hydroxyl groups is 1. The molecule has 1 aromatic heterocycles. The molecule has 0 aliphatic rings. The van der Waals surface area contributed by atoms with Gasteiger partial charge in [-0.3, -0.25) is 0 Å². The van der Waals surface area contributed by atoms with Gasteiger partial charge < -0.3 is 19.3 Å². The van der Waals surface area contributed by atoms with Crippen LogP contribution < -0.4 is 9.47 Å². The molecule has 160 valence electrons. The number of carbonyl (C=O) groups excluding carboxylic acids is 1. The normalized spacial score (nSPS) is 11.6. The molecular formula is C25H25NO5. The van der Waals surface area contributed by atoms with E-state index in [1.54, 1.807) is 14.0 Å². The number of hydrogen-bond acceptors (Lipinski definition) is 6. The minimum Gasteiger partial charge on any atom is -0.502 e. The Morgan fingerprint density at radius 1 is 1.03 bits per heavy atom. The van der Waals surface area contributed by atoms with Crippen LogP contribution in [0.3, 0.4) is 0 Å². The Bertz CT molecular complexity index is 1100. The van der Waals surface area contributed by atoms with Crippen molar-refractivity contribution in [1.29, 1.82) is 0 Å². The second-order valence-electron chi connectivity index (χ2n) is 6.68. The molecule has 0 aliphatic heterocycles. The summed E-state index contributed by atoms with van der Waals surface area (Å²) in [5.74, 6) is 0.0746. The number of benzene rings is 2. The topological polar surface area (TPSA) is 77.9 Å². The SMILES string of the molecule is CC=C(O)C(=O)OCCCOc1ccc(C=Cc2ccc3ccccc3n2)cc1OC. The van der Waals surface area contributed by atoms with Crippen LogP contribution in [-0.2, 0) is 9.53 Å². The lowest BCUT2D eigenvalue weighted by atomic mass is 10.1. The third kappa shape index (κ3) is 6.09. The van der Waals surface area contributed by atoms with Crippen molar-refractivity contribution in [2.75, 3.05) is 20.3 Å². The number of allylic oxidation sites excluding steroid dienone is 1. The molecule has 3 aromatic rings. The number of rotatable bonds is 9. The molecule has 2 aromatic carbocycles. The van der Waals surface area contributed by atoms with Crippen molar-refractivity contribution < 1.29 is 24.1 Å².